The molecule has 2 rings (SSSR count). The second kappa shape index (κ2) is 9.21. The molecule has 7 heteroatoms. The largest absolute Gasteiger partial charge is 0.444 e. The van der Waals surface area contributed by atoms with E-state index in [-0.39, 0.29) is 12.5 Å². The Morgan fingerprint density at radius 1 is 1.07 bits per heavy atom. The van der Waals surface area contributed by atoms with Crippen molar-refractivity contribution >= 4 is 29.3 Å². The van der Waals surface area contributed by atoms with Crippen LogP contribution in [0.3, 0.4) is 0 Å². The van der Waals surface area contributed by atoms with Crippen LogP contribution in [0.5, 0.6) is 0 Å². The molecule has 3 amide bonds. The summed E-state index contributed by atoms with van der Waals surface area (Å²) in [4.78, 5) is 35.6. The lowest BCUT2D eigenvalue weighted by Gasteiger charge is -2.19. The van der Waals surface area contributed by atoms with E-state index in [4.69, 9.17) is 4.74 Å². The third-order valence-corrected chi connectivity index (χ3v) is 3.79. The highest BCUT2D eigenvalue weighted by Crippen LogP contribution is 2.23. The Morgan fingerprint density at radius 2 is 1.70 bits per heavy atom. The smallest absolute Gasteiger partial charge is 0.408 e. The molecule has 1 aliphatic carbocycles. The van der Waals surface area contributed by atoms with Crippen molar-refractivity contribution in [3.63, 3.8) is 0 Å². The van der Waals surface area contributed by atoms with Gasteiger partial charge in [-0.05, 0) is 64.7 Å². The average Bonchev–Trinajstić information content (AvgIpc) is 3.04. The summed E-state index contributed by atoms with van der Waals surface area (Å²) in [6.07, 6.45) is 5.24. The topological polar surface area (TPSA) is 96.5 Å². The number of alkyl carbamates (subject to hydrolysis) is 1. The van der Waals surface area contributed by atoms with Crippen molar-refractivity contribution in [1.29, 1.82) is 0 Å². The standard InChI is InChI=1S/C20H27N3O4/c1-20(2,3)27-19(26)21-13-18(25)23-16-10-6-9-15(12-16)22-17(24)11-14-7-4-5-8-14/h6,9-12H,4-5,7-8,13H2,1-3H3,(H,21,26)(H,22,24)(H,23,25). The van der Waals surface area contributed by atoms with Gasteiger partial charge in [0.2, 0.25) is 11.8 Å². The van der Waals surface area contributed by atoms with Gasteiger partial charge in [0.25, 0.3) is 0 Å². The summed E-state index contributed by atoms with van der Waals surface area (Å²) in [7, 11) is 0. The summed E-state index contributed by atoms with van der Waals surface area (Å²) in [6, 6.07) is 6.85. The summed E-state index contributed by atoms with van der Waals surface area (Å²) in [5, 5.41) is 7.87. The molecule has 1 fully saturated rings. The molecule has 1 aromatic rings. The molecule has 7 nitrogen and oxygen atoms in total. The highest BCUT2D eigenvalue weighted by molar-refractivity contribution is 6.00. The highest BCUT2D eigenvalue weighted by atomic mass is 16.6. The molecule has 0 bridgehead atoms. The second-order valence-electron chi connectivity index (χ2n) is 7.48. The van der Waals surface area contributed by atoms with Crippen molar-refractivity contribution in [2.45, 2.75) is 52.1 Å². The number of nitrogens with one attached hydrogen (secondary N) is 3. The second-order valence-corrected chi connectivity index (χ2v) is 7.48. The maximum atomic E-state index is 12.1. The van der Waals surface area contributed by atoms with Crippen molar-refractivity contribution in [3.8, 4) is 0 Å². The molecule has 0 spiro atoms. The number of benzene rings is 1. The lowest BCUT2D eigenvalue weighted by molar-refractivity contribution is -0.115. The molecular weight excluding hydrogens is 346 g/mol. The van der Waals surface area contributed by atoms with Crippen molar-refractivity contribution in [1.82, 2.24) is 5.32 Å². The third kappa shape index (κ3) is 7.94. The summed E-state index contributed by atoms with van der Waals surface area (Å²) < 4.78 is 5.07. The number of allylic oxidation sites excluding steroid dienone is 1. The number of hydrogen-bond acceptors (Lipinski definition) is 4. The minimum Gasteiger partial charge on any atom is -0.444 e. The first-order valence-electron chi connectivity index (χ1n) is 9.08. The zero-order valence-corrected chi connectivity index (χ0v) is 16.1. The van der Waals surface area contributed by atoms with Gasteiger partial charge in [-0.2, -0.15) is 0 Å². The quantitative estimate of drug-likeness (QED) is 0.687. The SMILES string of the molecule is CC(C)(C)OC(=O)NCC(=O)Nc1cccc(NC(=O)C=C2CCCC2)c1. The first-order valence-corrected chi connectivity index (χ1v) is 9.08. The van der Waals surface area contributed by atoms with Crippen LogP contribution in [-0.4, -0.2) is 30.1 Å². The minimum absolute atomic E-state index is 0.165. The average molecular weight is 373 g/mol. The molecule has 0 radical (unpaired) electrons. The normalized spacial score (nSPS) is 13.7. The Morgan fingerprint density at radius 3 is 2.33 bits per heavy atom. The molecule has 0 aliphatic heterocycles. The van der Waals surface area contributed by atoms with Crippen LogP contribution < -0.4 is 16.0 Å². The molecule has 27 heavy (non-hydrogen) atoms. The Hall–Kier alpha value is -2.83. The third-order valence-electron chi connectivity index (χ3n) is 3.79. The summed E-state index contributed by atoms with van der Waals surface area (Å²) >= 11 is 0. The molecule has 3 N–H and O–H groups in total. The molecule has 1 saturated carbocycles. The summed E-state index contributed by atoms with van der Waals surface area (Å²) in [5.74, 6) is -0.556. The van der Waals surface area contributed by atoms with Crippen molar-refractivity contribution in [2.24, 2.45) is 0 Å². The number of amides is 3. The van der Waals surface area contributed by atoms with Crippen LogP contribution in [0.25, 0.3) is 0 Å². The number of anilines is 2. The molecule has 0 aromatic heterocycles. The van der Waals surface area contributed by atoms with Gasteiger partial charge in [-0.1, -0.05) is 11.6 Å². The van der Waals surface area contributed by atoms with Crippen molar-refractivity contribution < 1.29 is 19.1 Å². The van der Waals surface area contributed by atoms with Gasteiger partial charge >= 0.3 is 6.09 Å². The van der Waals surface area contributed by atoms with Crippen LogP contribution in [0.4, 0.5) is 16.2 Å². The van der Waals surface area contributed by atoms with Gasteiger partial charge in [0.05, 0.1) is 0 Å². The van der Waals surface area contributed by atoms with E-state index in [0.29, 0.717) is 11.4 Å². The fourth-order valence-electron chi connectivity index (χ4n) is 2.68. The Bertz CT molecular complexity index is 727. The number of hydrogen-bond donors (Lipinski definition) is 3. The fraction of sp³-hybridized carbons (Fsp3) is 0.450. The Labute approximate surface area is 159 Å². The van der Waals surface area contributed by atoms with E-state index in [1.165, 1.54) is 5.57 Å². The minimum atomic E-state index is -0.654. The predicted octanol–water partition coefficient (Wildman–Crippen LogP) is 3.59. The van der Waals surface area contributed by atoms with Gasteiger partial charge < -0.3 is 20.7 Å². The molecule has 0 atom stereocenters. The predicted molar refractivity (Wildman–Crippen MR) is 104 cm³/mol. The lowest BCUT2D eigenvalue weighted by atomic mass is 10.2. The Balaban J connectivity index is 1.84. The zero-order valence-electron chi connectivity index (χ0n) is 16.1. The van der Waals surface area contributed by atoms with E-state index in [0.717, 1.165) is 25.7 Å². The molecule has 146 valence electrons. The molecule has 1 aliphatic rings. The van der Waals surface area contributed by atoms with E-state index < -0.39 is 17.6 Å². The van der Waals surface area contributed by atoms with Crippen LogP contribution in [0.2, 0.25) is 0 Å². The van der Waals surface area contributed by atoms with Crippen LogP contribution in [0.15, 0.2) is 35.9 Å². The monoisotopic (exact) mass is 373 g/mol. The van der Waals surface area contributed by atoms with Gasteiger partial charge in [0, 0.05) is 17.5 Å². The lowest BCUT2D eigenvalue weighted by Crippen LogP contribution is -2.37. The van der Waals surface area contributed by atoms with Gasteiger partial charge in [-0.25, -0.2) is 4.79 Å². The van der Waals surface area contributed by atoms with Crippen molar-refractivity contribution in [3.05, 3.63) is 35.9 Å². The van der Waals surface area contributed by atoms with E-state index >= 15 is 0 Å². The first kappa shape index (κ1) is 20.5. The fourth-order valence-corrected chi connectivity index (χ4v) is 2.68. The number of carbonyl (C=O) groups is 3. The molecule has 0 unspecified atom stereocenters. The molecule has 1 aromatic carbocycles. The van der Waals surface area contributed by atoms with Crippen LogP contribution in [0.1, 0.15) is 46.5 Å². The number of rotatable bonds is 5. The van der Waals surface area contributed by atoms with Gasteiger partial charge in [-0.15, -0.1) is 0 Å². The molecule has 0 saturated heterocycles. The summed E-state index contributed by atoms with van der Waals surface area (Å²) in [6.45, 7) is 5.02. The Kier molecular flexibility index (Phi) is 6.98. The maximum absolute atomic E-state index is 12.1. The number of carbonyl (C=O) groups excluding carboxylic acids is 3. The van der Waals surface area contributed by atoms with E-state index in [1.54, 1.807) is 51.1 Å². The van der Waals surface area contributed by atoms with Crippen LogP contribution in [0, 0.1) is 0 Å². The van der Waals surface area contributed by atoms with Crippen molar-refractivity contribution in [2.75, 3.05) is 17.2 Å². The first-order chi connectivity index (χ1) is 12.7. The summed E-state index contributed by atoms with van der Waals surface area (Å²) in [5.41, 5.74) is 1.66. The zero-order chi connectivity index (χ0) is 19.9. The van der Waals surface area contributed by atoms with E-state index in [1.807, 2.05) is 0 Å². The molecule has 0 heterocycles. The van der Waals surface area contributed by atoms with Gasteiger partial charge in [0.15, 0.2) is 0 Å². The maximum Gasteiger partial charge on any atom is 0.408 e. The van der Waals surface area contributed by atoms with Crippen LogP contribution >= 0.6 is 0 Å². The highest BCUT2D eigenvalue weighted by Gasteiger charge is 2.16. The molecular formula is C20H27N3O4. The number of ether oxygens (including phenoxy) is 1. The van der Waals surface area contributed by atoms with E-state index in [9.17, 15) is 14.4 Å². The van der Waals surface area contributed by atoms with Gasteiger partial charge in [0.1, 0.15) is 12.1 Å². The van der Waals surface area contributed by atoms with Gasteiger partial charge in [-0.3, -0.25) is 9.59 Å². The van der Waals surface area contributed by atoms with Crippen LogP contribution in [-0.2, 0) is 14.3 Å². The van der Waals surface area contributed by atoms with E-state index in [2.05, 4.69) is 16.0 Å².